The number of nitrogens with zero attached hydrogens (tertiary/aromatic N) is 2. The average Bonchev–Trinajstić information content (AvgIpc) is 2.68. The van der Waals surface area contributed by atoms with E-state index in [9.17, 15) is 0 Å². The minimum Gasteiger partial charge on any atom is -0.313 e. The number of aryl methyl sites for hydroxylation is 1. The van der Waals surface area contributed by atoms with Crippen molar-refractivity contribution in [3.8, 4) is 5.69 Å². The van der Waals surface area contributed by atoms with Gasteiger partial charge in [0, 0.05) is 11.6 Å². The van der Waals surface area contributed by atoms with Crippen LogP contribution in [0.5, 0.6) is 0 Å². The zero-order chi connectivity index (χ0) is 14.7. The lowest BCUT2D eigenvalue weighted by atomic mass is 10.2. The molecule has 0 aliphatic carbocycles. The molecule has 0 radical (unpaired) electrons. The molecule has 0 fully saturated rings. The van der Waals surface area contributed by atoms with E-state index in [1.807, 2.05) is 24.6 Å². The quantitative estimate of drug-likeness (QED) is 0.804. The second-order valence-corrected chi connectivity index (χ2v) is 6.05. The van der Waals surface area contributed by atoms with Gasteiger partial charge in [0.05, 0.1) is 21.5 Å². The standard InChI is InChI=1S/C15H19BrClN3/c1-4-7-18-9-12-5-6-13(8-14(12)17)20-11(3)15(16)10(2)19-20/h5-6,8,18H,4,7,9H2,1-3H3. The van der Waals surface area contributed by atoms with Gasteiger partial charge in [0.25, 0.3) is 0 Å². The topological polar surface area (TPSA) is 29.9 Å². The van der Waals surface area contributed by atoms with Crippen molar-refractivity contribution in [3.05, 3.63) is 44.6 Å². The van der Waals surface area contributed by atoms with Crippen LogP contribution < -0.4 is 5.32 Å². The SMILES string of the molecule is CCCNCc1ccc(-n2nc(C)c(Br)c2C)cc1Cl. The zero-order valence-electron chi connectivity index (χ0n) is 12.0. The van der Waals surface area contributed by atoms with Gasteiger partial charge in [-0.05, 0) is 60.4 Å². The molecule has 0 saturated carbocycles. The van der Waals surface area contributed by atoms with Gasteiger partial charge in [0.2, 0.25) is 0 Å². The van der Waals surface area contributed by atoms with Crippen LogP contribution in [0.3, 0.4) is 0 Å². The van der Waals surface area contributed by atoms with Crippen LogP contribution in [0.15, 0.2) is 22.7 Å². The first-order chi connectivity index (χ1) is 9.54. The monoisotopic (exact) mass is 355 g/mol. The maximum Gasteiger partial charge on any atom is 0.0743 e. The van der Waals surface area contributed by atoms with Crippen molar-refractivity contribution >= 4 is 27.5 Å². The summed E-state index contributed by atoms with van der Waals surface area (Å²) >= 11 is 9.91. The summed E-state index contributed by atoms with van der Waals surface area (Å²) in [5, 5.41) is 8.66. The smallest absolute Gasteiger partial charge is 0.0743 e. The van der Waals surface area contributed by atoms with Crippen LogP contribution in [0.4, 0.5) is 0 Å². The summed E-state index contributed by atoms with van der Waals surface area (Å²) in [5.41, 5.74) is 4.16. The van der Waals surface area contributed by atoms with Crippen molar-refractivity contribution in [2.24, 2.45) is 0 Å². The molecule has 1 N–H and O–H groups in total. The normalized spacial score (nSPS) is 11.1. The third-order valence-electron chi connectivity index (χ3n) is 3.23. The first-order valence-corrected chi connectivity index (χ1v) is 7.93. The van der Waals surface area contributed by atoms with Gasteiger partial charge < -0.3 is 5.32 Å². The van der Waals surface area contributed by atoms with Crippen molar-refractivity contribution in [2.45, 2.75) is 33.7 Å². The molecule has 0 aliphatic heterocycles. The van der Waals surface area contributed by atoms with E-state index in [1.54, 1.807) is 0 Å². The van der Waals surface area contributed by atoms with Crippen molar-refractivity contribution in [1.82, 2.24) is 15.1 Å². The van der Waals surface area contributed by atoms with Gasteiger partial charge in [-0.15, -0.1) is 0 Å². The summed E-state index contributed by atoms with van der Waals surface area (Å²) in [7, 11) is 0. The largest absolute Gasteiger partial charge is 0.313 e. The Kier molecular flexibility index (Phi) is 5.24. The molecule has 0 bridgehead atoms. The van der Waals surface area contributed by atoms with E-state index in [0.29, 0.717) is 0 Å². The van der Waals surface area contributed by atoms with E-state index in [4.69, 9.17) is 11.6 Å². The number of hydrogen-bond acceptors (Lipinski definition) is 2. The number of rotatable bonds is 5. The molecule has 5 heteroatoms. The molecular formula is C15H19BrClN3. The number of aromatic nitrogens is 2. The van der Waals surface area contributed by atoms with Crippen molar-refractivity contribution < 1.29 is 0 Å². The van der Waals surface area contributed by atoms with E-state index in [2.05, 4.69) is 45.4 Å². The Balaban J connectivity index is 2.26. The van der Waals surface area contributed by atoms with Crippen LogP contribution in [0.1, 0.15) is 30.3 Å². The summed E-state index contributed by atoms with van der Waals surface area (Å²) in [6.07, 6.45) is 1.12. The highest BCUT2D eigenvalue weighted by Crippen LogP contribution is 2.25. The number of nitrogens with one attached hydrogen (secondary N) is 1. The van der Waals surface area contributed by atoms with Crippen molar-refractivity contribution in [1.29, 1.82) is 0 Å². The summed E-state index contributed by atoms with van der Waals surface area (Å²) in [4.78, 5) is 0. The minimum atomic E-state index is 0.773. The lowest BCUT2D eigenvalue weighted by Crippen LogP contribution is -2.14. The third-order valence-corrected chi connectivity index (χ3v) is 4.73. The fourth-order valence-corrected chi connectivity index (χ4v) is 2.58. The van der Waals surface area contributed by atoms with Crippen LogP contribution in [-0.2, 0) is 6.54 Å². The molecule has 0 atom stereocenters. The van der Waals surface area contributed by atoms with E-state index < -0.39 is 0 Å². The molecule has 108 valence electrons. The number of benzene rings is 1. The maximum atomic E-state index is 6.36. The first-order valence-electron chi connectivity index (χ1n) is 6.75. The Bertz CT molecular complexity index is 607. The summed E-state index contributed by atoms with van der Waals surface area (Å²) in [6, 6.07) is 6.09. The molecular weight excluding hydrogens is 338 g/mol. The zero-order valence-corrected chi connectivity index (χ0v) is 14.3. The van der Waals surface area contributed by atoms with Crippen LogP contribution in [0, 0.1) is 13.8 Å². The highest BCUT2D eigenvalue weighted by Gasteiger charge is 2.11. The Hall–Kier alpha value is -0.840. The fourth-order valence-electron chi connectivity index (χ4n) is 2.09. The van der Waals surface area contributed by atoms with Gasteiger partial charge in [-0.1, -0.05) is 24.6 Å². The predicted molar refractivity (Wildman–Crippen MR) is 87.7 cm³/mol. The third kappa shape index (κ3) is 3.25. The first kappa shape index (κ1) is 15.5. The van der Waals surface area contributed by atoms with E-state index >= 15 is 0 Å². The van der Waals surface area contributed by atoms with Gasteiger partial charge >= 0.3 is 0 Å². The Labute approximate surface area is 133 Å². The van der Waals surface area contributed by atoms with Gasteiger partial charge in [0.15, 0.2) is 0 Å². The minimum absolute atomic E-state index is 0.773. The van der Waals surface area contributed by atoms with E-state index in [0.717, 1.165) is 51.6 Å². The molecule has 1 heterocycles. The van der Waals surface area contributed by atoms with Gasteiger partial charge in [-0.2, -0.15) is 5.10 Å². The van der Waals surface area contributed by atoms with Crippen LogP contribution >= 0.6 is 27.5 Å². The second-order valence-electron chi connectivity index (χ2n) is 4.85. The van der Waals surface area contributed by atoms with Crippen LogP contribution in [0.25, 0.3) is 5.69 Å². The Morgan fingerprint density at radius 1 is 1.35 bits per heavy atom. The van der Waals surface area contributed by atoms with E-state index in [-0.39, 0.29) is 0 Å². The van der Waals surface area contributed by atoms with E-state index in [1.165, 1.54) is 0 Å². The van der Waals surface area contributed by atoms with Crippen molar-refractivity contribution in [2.75, 3.05) is 6.54 Å². The second kappa shape index (κ2) is 6.74. The molecule has 0 spiro atoms. The van der Waals surface area contributed by atoms with Gasteiger partial charge in [-0.3, -0.25) is 0 Å². The van der Waals surface area contributed by atoms with Crippen LogP contribution in [0.2, 0.25) is 5.02 Å². The lowest BCUT2D eigenvalue weighted by Gasteiger charge is -2.09. The fraction of sp³-hybridized carbons (Fsp3) is 0.400. The Morgan fingerprint density at radius 2 is 2.10 bits per heavy atom. The summed E-state index contributed by atoms with van der Waals surface area (Å²) < 4.78 is 2.96. The molecule has 2 aromatic rings. The summed E-state index contributed by atoms with van der Waals surface area (Å²) in [6.45, 7) is 7.97. The maximum absolute atomic E-state index is 6.36. The molecule has 1 aromatic heterocycles. The summed E-state index contributed by atoms with van der Waals surface area (Å²) in [5.74, 6) is 0. The molecule has 20 heavy (non-hydrogen) atoms. The number of hydrogen-bond donors (Lipinski definition) is 1. The molecule has 2 rings (SSSR count). The van der Waals surface area contributed by atoms with Crippen LogP contribution in [-0.4, -0.2) is 16.3 Å². The molecule has 3 nitrogen and oxygen atoms in total. The molecule has 0 unspecified atom stereocenters. The average molecular weight is 357 g/mol. The molecule has 0 saturated heterocycles. The highest BCUT2D eigenvalue weighted by molar-refractivity contribution is 9.10. The number of halogens is 2. The molecule has 0 aliphatic rings. The van der Waals surface area contributed by atoms with Crippen molar-refractivity contribution in [3.63, 3.8) is 0 Å². The molecule has 1 aromatic carbocycles. The van der Waals surface area contributed by atoms with Gasteiger partial charge in [-0.25, -0.2) is 4.68 Å². The van der Waals surface area contributed by atoms with Gasteiger partial charge in [0.1, 0.15) is 0 Å². The Morgan fingerprint density at radius 3 is 2.65 bits per heavy atom. The highest BCUT2D eigenvalue weighted by atomic mass is 79.9. The molecule has 0 amide bonds. The predicted octanol–water partition coefficient (Wildman–Crippen LogP) is 4.40. The lowest BCUT2D eigenvalue weighted by molar-refractivity contribution is 0.675.